The van der Waals surface area contributed by atoms with Crippen molar-refractivity contribution in [3.63, 3.8) is 0 Å². The minimum Gasteiger partial charge on any atom is -0.210 e. The molecule has 2 aromatic carbocycles. The van der Waals surface area contributed by atoms with E-state index < -0.39 is 10.0 Å². The minimum absolute atomic E-state index is 0.329. The van der Waals surface area contributed by atoms with E-state index in [2.05, 4.69) is 16.9 Å². The van der Waals surface area contributed by atoms with Gasteiger partial charge in [-0.3, -0.25) is 0 Å². The first-order valence-corrected chi connectivity index (χ1v) is 9.40. The summed E-state index contributed by atoms with van der Waals surface area (Å²) in [5.74, 6) is 1.65. The van der Waals surface area contributed by atoms with Crippen molar-refractivity contribution in [1.29, 1.82) is 0 Å². The molecule has 0 aliphatic rings. The molecule has 3 nitrogen and oxygen atoms in total. The number of sulfonamides is 1. The average Bonchev–Trinajstić information content (AvgIpc) is 2.48. The third-order valence-electron chi connectivity index (χ3n) is 2.95. The summed E-state index contributed by atoms with van der Waals surface area (Å²) in [6.07, 6.45) is 0. The zero-order chi connectivity index (χ0) is 15.1. The number of rotatable bonds is 7. The van der Waals surface area contributed by atoms with Crippen LogP contribution in [0, 0.1) is 6.92 Å². The maximum Gasteiger partial charge on any atom is 0.240 e. The number of hydrogen-bond acceptors (Lipinski definition) is 3. The van der Waals surface area contributed by atoms with Gasteiger partial charge < -0.3 is 0 Å². The van der Waals surface area contributed by atoms with Crippen molar-refractivity contribution >= 4 is 21.8 Å². The molecule has 0 unspecified atom stereocenters. The van der Waals surface area contributed by atoms with Gasteiger partial charge in [-0.1, -0.05) is 42.5 Å². The quantitative estimate of drug-likeness (QED) is 0.797. The molecule has 5 heteroatoms. The average molecular weight is 321 g/mol. The van der Waals surface area contributed by atoms with E-state index in [0.717, 1.165) is 17.1 Å². The Kier molecular flexibility index (Phi) is 5.85. The van der Waals surface area contributed by atoms with Crippen LogP contribution in [0.15, 0.2) is 59.5 Å². The van der Waals surface area contributed by atoms with Crippen LogP contribution in [-0.4, -0.2) is 20.7 Å². The molecule has 0 radical (unpaired) electrons. The van der Waals surface area contributed by atoms with Crippen LogP contribution in [0.1, 0.15) is 11.1 Å². The minimum atomic E-state index is -3.39. The van der Waals surface area contributed by atoms with Gasteiger partial charge in [0.1, 0.15) is 0 Å². The molecule has 2 rings (SSSR count). The smallest absolute Gasteiger partial charge is 0.210 e. The second-order valence-corrected chi connectivity index (χ2v) is 7.62. The highest BCUT2D eigenvalue weighted by atomic mass is 32.2. The van der Waals surface area contributed by atoms with Gasteiger partial charge in [0, 0.05) is 18.1 Å². The van der Waals surface area contributed by atoms with Crippen molar-refractivity contribution in [1.82, 2.24) is 4.72 Å². The van der Waals surface area contributed by atoms with Crippen molar-refractivity contribution < 1.29 is 8.42 Å². The normalized spacial score (nSPS) is 11.5. The zero-order valence-electron chi connectivity index (χ0n) is 12.0. The molecule has 21 heavy (non-hydrogen) atoms. The van der Waals surface area contributed by atoms with Gasteiger partial charge >= 0.3 is 0 Å². The standard InChI is InChI=1S/C16H19NO2S2/c1-14-6-5-9-16(12-14)21(18,19)17-10-11-20-13-15-7-3-2-4-8-15/h2-9,12,17H,10-11,13H2,1H3. The van der Waals surface area contributed by atoms with Crippen LogP contribution < -0.4 is 4.72 Å². The second kappa shape index (κ2) is 7.64. The van der Waals surface area contributed by atoms with Crippen LogP contribution in [-0.2, 0) is 15.8 Å². The topological polar surface area (TPSA) is 46.2 Å². The molecule has 0 aliphatic heterocycles. The van der Waals surface area contributed by atoms with E-state index in [-0.39, 0.29) is 0 Å². The van der Waals surface area contributed by atoms with Gasteiger partial charge in [-0.25, -0.2) is 13.1 Å². The molecule has 0 aliphatic carbocycles. The number of hydrogen-bond donors (Lipinski definition) is 1. The van der Waals surface area contributed by atoms with Crippen molar-refractivity contribution in [3.8, 4) is 0 Å². The lowest BCUT2D eigenvalue weighted by Gasteiger charge is -2.07. The van der Waals surface area contributed by atoms with Crippen LogP contribution in [0.4, 0.5) is 0 Å². The lowest BCUT2D eigenvalue weighted by molar-refractivity contribution is 0.584. The summed E-state index contributed by atoms with van der Waals surface area (Å²) in [4.78, 5) is 0.329. The summed E-state index contributed by atoms with van der Waals surface area (Å²) in [5.41, 5.74) is 2.19. The van der Waals surface area contributed by atoms with Gasteiger partial charge in [0.05, 0.1) is 4.90 Å². The largest absolute Gasteiger partial charge is 0.240 e. The highest BCUT2D eigenvalue weighted by molar-refractivity contribution is 7.98. The zero-order valence-corrected chi connectivity index (χ0v) is 13.6. The first-order valence-electron chi connectivity index (χ1n) is 6.76. The van der Waals surface area contributed by atoms with E-state index >= 15 is 0 Å². The van der Waals surface area contributed by atoms with E-state index in [1.54, 1.807) is 30.0 Å². The summed E-state index contributed by atoms with van der Waals surface area (Å²) >= 11 is 1.72. The van der Waals surface area contributed by atoms with Gasteiger partial charge in [0.25, 0.3) is 0 Å². The number of benzene rings is 2. The summed E-state index contributed by atoms with van der Waals surface area (Å²) < 4.78 is 26.8. The molecule has 0 saturated carbocycles. The molecule has 0 atom stereocenters. The monoisotopic (exact) mass is 321 g/mol. The Bertz CT molecular complexity index is 670. The highest BCUT2D eigenvalue weighted by Crippen LogP contribution is 2.13. The Morgan fingerprint density at radius 3 is 2.52 bits per heavy atom. The molecule has 0 aromatic heterocycles. The third kappa shape index (κ3) is 5.19. The predicted molar refractivity (Wildman–Crippen MR) is 89.0 cm³/mol. The van der Waals surface area contributed by atoms with Gasteiger partial charge in [-0.05, 0) is 30.2 Å². The van der Waals surface area contributed by atoms with Crippen molar-refractivity contribution in [2.75, 3.05) is 12.3 Å². The SMILES string of the molecule is Cc1cccc(S(=O)(=O)NCCSCc2ccccc2)c1. The molecule has 0 spiro atoms. The third-order valence-corrected chi connectivity index (χ3v) is 5.44. The fourth-order valence-corrected chi connectivity index (χ4v) is 3.96. The fraction of sp³-hybridized carbons (Fsp3) is 0.250. The lowest BCUT2D eigenvalue weighted by Crippen LogP contribution is -2.26. The fourth-order valence-electron chi connectivity index (χ4n) is 1.88. The van der Waals surface area contributed by atoms with Gasteiger partial charge in [-0.15, -0.1) is 0 Å². The van der Waals surface area contributed by atoms with Crippen LogP contribution in [0.3, 0.4) is 0 Å². The Hall–Kier alpha value is -1.30. The molecule has 1 N–H and O–H groups in total. The lowest BCUT2D eigenvalue weighted by atomic mass is 10.2. The number of nitrogens with one attached hydrogen (secondary N) is 1. The highest BCUT2D eigenvalue weighted by Gasteiger charge is 2.12. The van der Waals surface area contributed by atoms with E-state index in [1.165, 1.54) is 5.56 Å². The van der Waals surface area contributed by atoms with Crippen molar-refractivity contribution in [2.24, 2.45) is 0 Å². The van der Waals surface area contributed by atoms with E-state index in [4.69, 9.17) is 0 Å². The Labute approximate surface area is 130 Å². The van der Waals surface area contributed by atoms with E-state index in [0.29, 0.717) is 11.4 Å². The molecule has 0 heterocycles. The molecule has 0 saturated heterocycles. The number of aryl methyl sites for hydroxylation is 1. The molecule has 112 valence electrons. The van der Waals surface area contributed by atoms with Crippen molar-refractivity contribution in [2.45, 2.75) is 17.6 Å². The molecular weight excluding hydrogens is 302 g/mol. The molecule has 2 aromatic rings. The maximum absolute atomic E-state index is 12.1. The van der Waals surface area contributed by atoms with Gasteiger partial charge in [0.15, 0.2) is 0 Å². The molecule has 0 fully saturated rings. The number of thioether (sulfide) groups is 1. The Morgan fingerprint density at radius 1 is 1.05 bits per heavy atom. The molecule has 0 bridgehead atoms. The molecular formula is C16H19NO2S2. The summed E-state index contributed by atoms with van der Waals surface area (Å²) in [5, 5.41) is 0. The summed E-state index contributed by atoms with van der Waals surface area (Å²) in [7, 11) is -3.39. The second-order valence-electron chi connectivity index (χ2n) is 4.75. The van der Waals surface area contributed by atoms with E-state index in [1.807, 2.05) is 31.2 Å². The van der Waals surface area contributed by atoms with Crippen LogP contribution in [0.25, 0.3) is 0 Å². The van der Waals surface area contributed by atoms with Crippen LogP contribution in [0.2, 0.25) is 0 Å². The maximum atomic E-state index is 12.1. The summed E-state index contributed by atoms with van der Waals surface area (Å²) in [6, 6.07) is 17.1. The predicted octanol–water partition coefficient (Wildman–Crippen LogP) is 3.21. The van der Waals surface area contributed by atoms with E-state index in [9.17, 15) is 8.42 Å². The summed E-state index contributed by atoms with van der Waals surface area (Å²) in [6.45, 7) is 2.32. The van der Waals surface area contributed by atoms with Gasteiger partial charge in [-0.2, -0.15) is 11.8 Å². The van der Waals surface area contributed by atoms with Gasteiger partial charge in [0.2, 0.25) is 10.0 Å². The van der Waals surface area contributed by atoms with Crippen molar-refractivity contribution in [3.05, 3.63) is 65.7 Å². The molecule has 0 amide bonds. The first kappa shape index (κ1) is 16.1. The van der Waals surface area contributed by atoms with Crippen LogP contribution >= 0.6 is 11.8 Å². The Balaban J connectivity index is 1.78. The first-order chi connectivity index (χ1) is 10.1. The Morgan fingerprint density at radius 2 is 1.81 bits per heavy atom. The van der Waals surface area contributed by atoms with Crippen LogP contribution in [0.5, 0.6) is 0 Å².